The third kappa shape index (κ3) is 5.64. The van der Waals surface area contributed by atoms with E-state index in [2.05, 4.69) is 41.0 Å². The molecule has 234 valence electrons. The zero-order valence-corrected chi connectivity index (χ0v) is 24.5. The standard InChI is InChI=1S/C30H32F3N11O/c31-30(32,33)28-39-21(18-41-7-1-2-8-41)13-24(40-28)27(45)43-11-9-42(10-12-43)22-14-29(15-22,4-5-34)44-17-20(16-38-44)25-23-3-6-35-26(23)37-19-36-25/h3,6,13,16-17,19,22H,1-2,4,7-12,14-15,18H2,(H,35,36,37)/t22-,29+. The van der Waals surface area contributed by atoms with E-state index >= 15 is 0 Å². The normalized spacial score (nSPS) is 22.9. The highest BCUT2D eigenvalue weighted by molar-refractivity contribution is 5.92. The van der Waals surface area contributed by atoms with Crippen molar-refractivity contribution in [3.05, 3.63) is 54.3 Å². The molecule has 0 unspecified atom stereocenters. The number of halogens is 3. The summed E-state index contributed by atoms with van der Waals surface area (Å²) in [7, 11) is 0. The van der Waals surface area contributed by atoms with E-state index in [-0.39, 0.29) is 24.0 Å². The quantitative estimate of drug-likeness (QED) is 0.330. The van der Waals surface area contributed by atoms with Gasteiger partial charge in [0.05, 0.1) is 35.6 Å². The van der Waals surface area contributed by atoms with E-state index in [9.17, 15) is 23.2 Å². The van der Waals surface area contributed by atoms with Crippen molar-refractivity contribution < 1.29 is 18.0 Å². The number of hydrogen-bond donors (Lipinski definition) is 1. The second-order valence-corrected chi connectivity index (χ2v) is 12.1. The van der Waals surface area contributed by atoms with Crippen molar-refractivity contribution in [3.63, 3.8) is 0 Å². The highest BCUT2D eigenvalue weighted by atomic mass is 19.4. The topological polar surface area (TPSA) is 136 Å². The average molecular weight is 620 g/mol. The predicted octanol–water partition coefficient (Wildman–Crippen LogP) is 3.46. The number of H-pyrrole nitrogens is 1. The summed E-state index contributed by atoms with van der Waals surface area (Å²) in [6, 6.07) is 5.86. The van der Waals surface area contributed by atoms with Gasteiger partial charge in [0, 0.05) is 62.1 Å². The van der Waals surface area contributed by atoms with Crippen LogP contribution in [0.15, 0.2) is 37.1 Å². The summed E-state index contributed by atoms with van der Waals surface area (Å²) in [6.45, 7) is 3.77. The first kappa shape index (κ1) is 29.3. The van der Waals surface area contributed by atoms with Crippen molar-refractivity contribution >= 4 is 16.9 Å². The molecule has 0 bridgehead atoms. The van der Waals surface area contributed by atoms with Gasteiger partial charge in [0.15, 0.2) is 0 Å². The molecule has 1 amide bonds. The van der Waals surface area contributed by atoms with Crippen LogP contribution in [-0.4, -0.2) is 101 Å². The van der Waals surface area contributed by atoms with Crippen molar-refractivity contribution in [1.82, 2.24) is 49.4 Å². The van der Waals surface area contributed by atoms with Crippen molar-refractivity contribution in [2.24, 2.45) is 0 Å². The molecule has 0 aromatic carbocycles. The molecular formula is C30H32F3N11O. The van der Waals surface area contributed by atoms with Gasteiger partial charge in [-0.15, -0.1) is 0 Å². The number of fused-ring (bicyclic) bond motifs is 1. The number of aromatic amines is 1. The Morgan fingerprint density at radius 2 is 1.87 bits per heavy atom. The van der Waals surface area contributed by atoms with Gasteiger partial charge >= 0.3 is 6.18 Å². The first-order chi connectivity index (χ1) is 21.7. The molecule has 1 aliphatic carbocycles. The van der Waals surface area contributed by atoms with Gasteiger partial charge in [-0.1, -0.05) is 0 Å². The van der Waals surface area contributed by atoms with Gasteiger partial charge in [-0.05, 0) is 50.9 Å². The third-order valence-electron chi connectivity index (χ3n) is 9.29. The minimum absolute atomic E-state index is 0.196. The number of piperazine rings is 1. The molecule has 0 spiro atoms. The van der Waals surface area contributed by atoms with Crippen LogP contribution >= 0.6 is 0 Å². The fourth-order valence-corrected chi connectivity index (χ4v) is 6.88. The Labute approximate surface area is 256 Å². The lowest BCUT2D eigenvalue weighted by Crippen LogP contribution is -2.60. The molecule has 0 radical (unpaired) electrons. The molecule has 12 nitrogen and oxygen atoms in total. The zero-order valence-electron chi connectivity index (χ0n) is 24.5. The Balaban J connectivity index is 1.01. The summed E-state index contributed by atoms with van der Waals surface area (Å²) in [5.74, 6) is -1.79. The fourth-order valence-electron chi connectivity index (χ4n) is 6.88. The molecule has 2 saturated heterocycles. The maximum atomic E-state index is 13.6. The number of hydrogen-bond acceptors (Lipinski definition) is 9. The van der Waals surface area contributed by atoms with Gasteiger partial charge in [-0.3, -0.25) is 19.3 Å². The van der Waals surface area contributed by atoms with E-state index in [1.54, 1.807) is 11.1 Å². The smallest absolute Gasteiger partial charge is 0.346 e. The molecule has 3 aliphatic rings. The first-order valence-corrected chi connectivity index (χ1v) is 15.1. The summed E-state index contributed by atoms with van der Waals surface area (Å²) >= 11 is 0. The van der Waals surface area contributed by atoms with Crippen molar-refractivity contribution in [2.45, 2.75) is 56.4 Å². The van der Waals surface area contributed by atoms with Gasteiger partial charge in [0.2, 0.25) is 5.82 Å². The van der Waals surface area contributed by atoms with Crippen LogP contribution in [0.2, 0.25) is 0 Å². The van der Waals surface area contributed by atoms with E-state index in [0.29, 0.717) is 32.6 Å². The van der Waals surface area contributed by atoms with Crippen LogP contribution in [0.1, 0.15) is 54.1 Å². The maximum Gasteiger partial charge on any atom is 0.451 e. The molecule has 45 heavy (non-hydrogen) atoms. The minimum atomic E-state index is -4.74. The van der Waals surface area contributed by atoms with E-state index in [4.69, 9.17) is 0 Å². The van der Waals surface area contributed by atoms with E-state index in [0.717, 1.165) is 61.1 Å². The maximum absolute atomic E-state index is 13.6. The summed E-state index contributed by atoms with van der Waals surface area (Å²) in [5, 5.41) is 15.2. The van der Waals surface area contributed by atoms with Crippen LogP contribution in [0.4, 0.5) is 13.2 Å². The Kier molecular flexibility index (Phi) is 7.49. The Bertz CT molecular complexity index is 1740. The van der Waals surface area contributed by atoms with E-state index < -0.39 is 23.4 Å². The zero-order chi connectivity index (χ0) is 31.2. The highest BCUT2D eigenvalue weighted by Gasteiger charge is 2.49. The molecule has 6 heterocycles. The number of aromatic nitrogens is 7. The molecular weight excluding hydrogens is 587 g/mol. The molecule has 15 heteroatoms. The number of rotatable bonds is 7. The highest BCUT2D eigenvalue weighted by Crippen LogP contribution is 2.45. The lowest BCUT2D eigenvalue weighted by molar-refractivity contribution is -0.145. The summed E-state index contributed by atoms with van der Waals surface area (Å²) in [4.78, 5) is 38.4. The first-order valence-electron chi connectivity index (χ1n) is 15.1. The van der Waals surface area contributed by atoms with Crippen molar-refractivity contribution in [3.8, 4) is 17.3 Å². The number of amides is 1. The van der Waals surface area contributed by atoms with Gasteiger partial charge in [0.25, 0.3) is 5.91 Å². The number of nitriles is 1. The number of carbonyl (C=O) groups excluding carboxylic acids is 1. The lowest BCUT2D eigenvalue weighted by atomic mass is 9.70. The van der Waals surface area contributed by atoms with Crippen LogP contribution in [0.5, 0.6) is 0 Å². The third-order valence-corrected chi connectivity index (χ3v) is 9.29. The summed E-state index contributed by atoms with van der Waals surface area (Å²) in [5.41, 5.74) is 1.90. The molecule has 1 saturated carbocycles. The lowest BCUT2D eigenvalue weighted by Gasteiger charge is -2.52. The van der Waals surface area contributed by atoms with Crippen LogP contribution in [0.25, 0.3) is 22.3 Å². The molecule has 2 aliphatic heterocycles. The monoisotopic (exact) mass is 619 g/mol. The van der Waals surface area contributed by atoms with Crippen LogP contribution in [0, 0.1) is 11.3 Å². The number of likely N-dealkylation sites (tertiary alicyclic amines) is 1. The van der Waals surface area contributed by atoms with Crippen LogP contribution < -0.4 is 0 Å². The second-order valence-electron chi connectivity index (χ2n) is 12.1. The SMILES string of the molecule is N#CC[C@]1(n2cc(-c3ncnc4[nH]ccc34)cn2)C[C@@H](N2CCN(C(=O)c3cc(CN4CCCC4)nc(C(F)(F)F)n3)CC2)C1. The van der Waals surface area contributed by atoms with Gasteiger partial charge in [-0.25, -0.2) is 19.9 Å². The minimum Gasteiger partial charge on any atom is -0.346 e. The number of alkyl halides is 3. The van der Waals surface area contributed by atoms with Crippen molar-refractivity contribution in [1.29, 1.82) is 5.26 Å². The summed E-state index contributed by atoms with van der Waals surface area (Å²) in [6.07, 6.45) is 6.02. The largest absolute Gasteiger partial charge is 0.451 e. The van der Waals surface area contributed by atoms with Crippen molar-refractivity contribution in [2.75, 3.05) is 39.3 Å². The van der Waals surface area contributed by atoms with Gasteiger partial charge in [0.1, 0.15) is 17.7 Å². The average Bonchev–Trinajstić information content (AvgIpc) is 3.80. The Morgan fingerprint density at radius 3 is 2.60 bits per heavy atom. The van der Waals surface area contributed by atoms with Gasteiger partial charge in [-0.2, -0.15) is 23.5 Å². The number of nitrogens with zero attached hydrogens (tertiary/aromatic N) is 10. The van der Waals surface area contributed by atoms with Gasteiger partial charge < -0.3 is 9.88 Å². The molecule has 4 aromatic rings. The molecule has 0 atom stereocenters. The number of nitrogens with one attached hydrogen (secondary N) is 1. The molecule has 4 aromatic heterocycles. The molecule has 3 fully saturated rings. The summed E-state index contributed by atoms with van der Waals surface area (Å²) < 4.78 is 42.8. The van der Waals surface area contributed by atoms with E-state index in [1.165, 1.54) is 12.4 Å². The molecule has 7 rings (SSSR count). The predicted molar refractivity (Wildman–Crippen MR) is 155 cm³/mol. The number of carbonyl (C=O) groups is 1. The Morgan fingerprint density at radius 1 is 1.09 bits per heavy atom. The Hall–Kier alpha value is -4.42. The van der Waals surface area contributed by atoms with Crippen LogP contribution in [-0.2, 0) is 18.3 Å². The van der Waals surface area contributed by atoms with Crippen LogP contribution in [0.3, 0.4) is 0 Å². The van der Waals surface area contributed by atoms with E-state index in [1.807, 2.05) is 28.0 Å². The molecule has 1 N–H and O–H groups in total. The second kappa shape index (κ2) is 11.5. The fraction of sp³-hybridized carbons (Fsp3) is 0.500.